The summed E-state index contributed by atoms with van der Waals surface area (Å²) in [5.74, 6) is 0.831. The second-order valence-corrected chi connectivity index (χ2v) is 3.37. The maximum atomic E-state index is 11.6. The number of carbonyl (C=O) groups excluding carboxylic acids is 1. The second kappa shape index (κ2) is 4.22. The molecule has 0 radical (unpaired) electrons. The number of nitrogens with two attached hydrogens (primary N) is 1. The van der Waals surface area contributed by atoms with Crippen molar-refractivity contribution in [2.75, 3.05) is 11.6 Å². The Morgan fingerprint density at radius 1 is 1.50 bits per heavy atom. The summed E-state index contributed by atoms with van der Waals surface area (Å²) in [6.07, 6.45) is 0.167. The molecule has 0 atom stereocenters. The molecule has 5 nitrogen and oxygen atoms in total. The lowest BCUT2D eigenvalue weighted by atomic mass is 10.2. The van der Waals surface area contributed by atoms with Gasteiger partial charge in [0.15, 0.2) is 0 Å². The van der Waals surface area contributed by atoms with Gasteiger partial charge >= 0.3 is 0 Å². The molecule has 1 aliphatic heterocycles. The SMILES string of the molecule is CCOc1ccccc1N1N=C(N)CC1=O. The van der Waals surface area contributed by atoms with Crippen molar-refractivity contribution in [1.82, 2.24) is 0 Å². The van der Waals surface area contributed by atoms with E-state index >= 15 is 0 Å². The molecule has 1 aliphatic rings. The first-order valence-corrected chi connectivity index (χ1v) is 5.10. The van der Waals surface area contributed by atoms with Crippen molar-refractivity contribution >= 4 is 17.4 Å². The number of para-hydroxylation sites is 2. The first kappa shape index (κ1) is 10.5. The van der Waals surface area contributed by atoms with Crippen molar-refractivity contribution < 1.29 is 9.53 Å². The minimum atomic E-state index is -0.135. The maximum Gasteiger partial charge on any atom is 0.255 e. The predicted octanol–water partition coefficient (Wildman–Crippen LogP) is 1.09. The van der Waals surface area contributed by atoms with Gasteiger partial charge in [-0.2, -0.15) is 10.1 Å². The van der Waals surface area contributed by atoms with E-state index in [0.717, 1.165) is 0 Å². The molecule has 0 aromatic heterocycles. The Kier molecular flexibility index (Phi) is 2.76. The van der Waals surface area contributed by atoms with E-state index < -0.39 is 0 Å². The maximum absolute atomic E-state index is 11.6. The quantitative estimate of drug-likeness (QED) is 0.827. The van der Waals surface area contributed by atoms with Crippen molar-refractivity contribution in [3.8, 4) is 5.75 Å². The summed E-state index contributed by atoms with van der Waals surface area (Å²) < 4.78 is 5.43. The molecule has 84 valence electrons. The van der Waals surface area contributed by atoms with Crippen molar-refractivity contribution in [3.05, 3.63) is 24.3 Å². The van der Waals surface area contributed by atoms with Gasteiger partial charge in [0.25, 0.3) is 5.91 Å². The molecule has 0 spiro atoms. The fraction of sp³-hybridized carbons (Fsp3) is 0.273. The third-order valence-corrected chi connectivity index (χ3v) is 2.19. The molecule has 0 saturated carbocycles. The van der Waals surface area contributed by atoms with Crippen LogP contribution in [-0.4, -0.2) is 18.3 Å². The Balaban J connectivity index is 2.36. The molecule has 5 heteroatoms. The highest BCUT2D eigenvalue weighted by Crippen LogP contribution is 2.30. The average Bonchev–Trinajstić information content (AvgIpc) is 2.59. The Labute approximate surface area is 93.5 Å². The normalized spacial score (nSPS) is 15.2. The van der Waals surface area contributed by atoms with E-state index in [1.807, 2.05) is 19.1 Å². The van der Waals surface area contributed by atoms with E-state index in [1.54, 1.807) is 12.1 Å². The minimum absolute atomic E-state index is 0.135. The number of hydrazone groups is 1. The summed E-state index contributed by atoms with van der Waals surface area (Å²) in [6.45, 7) is 2.43. The number of benzene rings is 1. The van der Waals surface area contributed by atoms with Gasteiger partial charge in [0.2, 0.25) is 0 Å². The fourth-order valence-electron chi connectivity index (χ4n) is 1.55. The summed E-state index contributed by atoms with van der Waals surface area (Å²) in [6, 6.07) is 7.26. The van der Waals surface area contributed by atoms with Crippen LogP contribution in [-0.2, 0) is 4.79 Å². The molecule has 2 rings (SSSR count). The van der Waals surface area contributed by atoms with Crippen molar-refractivity contribution in [2.45, 2.75) is 13.3 Å². The van der Waals surface area contributed by atoms with Crippen LogP contribution >= 0.6 is 0 Å². The van der Waals surface area contributed by atoms with Crippen LogP contribution in [0.1, 0.15) is 13.3 Å². The zero-order valence-corrected chi connectivity index (χ0v) is 9.01. The third kappa shape index (κ3) is 1.84. The molecule has 1 aromatic carbocycles. The highest BCUT2D eigenvalue weighted by atomic mass is 16.5. The Morgan fingerprint density at radius 3 is 2.88 bits per heavy atom. The van der Waals surface area contributed by atoms with Gasteiger partial charge < -0.3 is 10.5 Å². The summed E-state index contributed by atoms with van der Waals surface area (Å²) in [7, 11) is 0. The highest BCUT2D eigenvalue weighted by molar-refractivity contribution is 6.12. The van der Waals surface area contributed by atoms with Crippen LogP contribution in [0, 0.1) is 0 Å². The lowest BCUT2D eigenvalue weighted by Crippen LogP contribution is -2.20. The molecule has 0 saturated heterocycles. The molecule has 0 unspecified atom stereocenters. The molecule has 1 amide bonds. The first-order chi connectivity index (χ1) is 7.72. The molecular weight excluding hydrogens is 206 g/mol. The van der Waals surface area contributed by atoms with Gasteiger partial charge in [-0.3, -0.25) is 4.79 Å². The summed E-state index contributed by atoms with van der Waals surface area (Å²) in [5.41, 5.74) is 6.16. The van der Waals surface area contributed by atoms with Crippen molar-refractivity contribution in [2.24, 2.45) is 10.8 Å². The number of anilines is 1. The second-order valence-electron chi connectivity index (χ2n) is 3.37. The Hall–Kier alpha value is -2.04. The monoisotopic (exact) mass is 219 g/mol. The van der Waals surface area contributed by atoms with Crippen LogP contribution in [0.15, 0.2) is 29.4 Å². The molecular formula is C11H13N3O2. The molecule has 0 aliphatic carbocycles. The average molecular weight is 219 g/mol. The van der Waals surface area contributed by atoms with E-state index in [-0.39, 0.29) is 12.3 Å². The first-order valence-electron chi connectivity index (χ1n) is 5.10. The number of hydrogen-bond donors (Lipinski definition) is 1. The molecule has 0 fully saturated rings. The number of nitrogens with zero attached hydrogens (tertiary/aromatic N) is 2. The number of carbonyl (C=O) groups is 1. The lowest BCUT2D eigenvalue weighted by molar-refractivity contribution is -0.116. The summed E-state index contributed by atoms with van der Waals surface area (Å²) >= 11 is 0. The minimum Gasteiger partial charge on any atom is -0.492 e. The van der Waals surface area contributed by atoms with Crippen LogP contribution in [0.2, 0.25) is 0 Å². The van der Waals surface area contributed by atoms with Crippen LogP contribution in [0.25, 0.3) is 0 Å². The van der Waals surface area contributed by atoms with Crippen molar-refractivity contribution in [3.63, 3.8) is 0 Å². The molecule has 1 aromatic rings. The van der Waals surface area contributed by atoms with Gasteiger partial charge in [-0.15, -0.1) is 0 Å². The van der Waals surface area contributed by atoms with Gasteiger partial charge in [-0.25, -0.2) is 0 Å². The lowest BCUT2D eigenvalue weighted by Gasteiger charge is -2.15. The fourth-order valence-corrected chi connectivity index (χ4v) is 1.55. The zero-order valence-electron chi connectivity index (χ0n) is 9.01. The van der Waals surface area contributed by atoms with Crippen LogP contribution in [0.4, 0.5) is 5.69 Å². The number of amidine groups is 1. The largest absolute Gasteiger partial charge is 0.492 e. The molecule has 2 N–H and O–H groups in total. The highest BCUT2D eigenvalue weighted by Gasteiger charge is 2.25. The molecule has 0 bridgehead atoms. The van der Waals surface area contributed by atoms with Gasteiger partial charge in [0.1, 0.15) is 17.3 Å². The van der Waals surface area contributed by atoms with Gasteiger partial charge in [-0.1, -0.05) is 12.1 Å². The number of hydrogen-bond acceptors (Lipinski definition) is 4. The number of amides is 1. The van der Waals surface area contributed by atoms with E-state index in [2.05, 4.69) is 5.10 Å². The van der Waals surface area contributed by atoms with E-state index in [0.29, 0.717) is 23.9 Å². The zero-order chi connectivity index (χ0) is 11.5. The van der Waals surface area contributed by atoms with Crippen LogP contribution < -0.4 is 15.5 Å². The van der Waals surface area contributed by atoms with Gasteiger partial charge in [0.05, 0.1) is 13.0 Å². The topological polar surface area (TPSA) is 67.9 Å². The van der Waals surface area contributed by atoms with Crippen molar-refractivity contribution in [1.29, 1.82) is 0 Å². The van der Waals surface area contributed by atoms with E-state index in [9.17, 15) is 4.79 Å². The Morgan fingerprint density at radius 2 is 2.25 bits per heavy atom. The smallest absolute Gasteiger partial charge is 0.255 e. The predicted molar refractivity (Wildman–Crippen MR) is 61.3 cm³/mol. The summed E-state index contributed by atoms with van der Waals surface area (Å²) in [5, 5.41) is 5.27. The van der Waals surface area contributed by atoms with Crippen LogP contribution in [0.3, 0.4) is 0 Å². The number of ether oxygens (including phenoxy) is 1. The molecule has 1 heterocycles. The Bertz CT molecular complexity index is 443. The third-order valence-electron chi connectivity index (χ3n) is 2.19. The van der Waals surface area contributed by atoms with E-state index in [1.165, 1.54) is 5.01 Å². The molecule has 16 heavy (non-hydrogen) atoms. The summed E-state index contributed by atoms with van der Waals surface area (Å²) in [4.78, 5) is 11.6. The van der Waals surface area contributed by atoms with Gasteiger partial charge in [-0.05, 0) is 19.1 Å². The standard InChI is InChI=1S/C11H13N3O2/c1-2-16-9-6-4-3-5-8(9)14-11(15)7-10(12)13-14/h3-6H,2,7H2,1H3,(H2,12,13). The van der Waals surface area contributed by atoms with Crippen LogP contribution in [0.5, 0.6) is 5.75 Å². The van der Waals surface area contributed by atoms with Gasteiger partial charge in [0, 0.05) is 0 Å². The number of rotatable bonds is 3. The van der Waals surface area contributed by atoms with E-state index in [4.69, 9.17) is 10.5 Å².